The predicted molar refractivity (Wildman–Crippen MR) is 128 cm³/mol. The number of aromatic nitrogens is 2. The number of benzene rings is 3. The van der Waals surface area contributed by atoms with Gasteiger partial charge in [-0.15, -0.1) is 0 Å². The van der Waals surface area contributed by atoms with Crippen LogP contribution in [-0.4, -0.2) is 23.0 Å². The van der Waals surface area contributed by atoms with Crippen LogP contribution in [0.25, 0.3) is 11.4 Å². The van der Waals surface area contributed by atoms with Gasteiger partial charge in [0.1, 0.15) is 11.5 Å². The zero-order valence-corrected chi connectivity index (χ0v) is 18.8. The van der Waals surface area contributed by atoms with E-state index < -0.39 is 0 Å². The lowest BCUT2D eigenvalue weighted by Crippen LogP contribution is -2.26. The van der Waals surface area contributed by atoms with Crippen molar-refractivity contribution in [3.05, 3.63) is 102 Å². The number of carbonyl (C=O) groups excluding carboxylic acids is 1. The van der Waals surface area contributed by atoms with Crippen molar-refractivity contribution in [2.45, 2.75) is 19.9 Å². The summed E-state index contributed by atoms with van der Waals surface area (Å²) in [6.07, 6.45) is 1.64. The first kappa shape index (κ1) is 22.0. The number of aryl methyl sites for hydroxylation is 1. The minimum absolute atomic E-state index is 0.0912. The Morgan fingerprint density at radius 1 is 0.939 bits per heavy atom. The van der Waals surface area contributed by atoms with Gasteiger partial charge in [0.05, 0.1) is 13.2 Å². The molecular formula is C27H25N3O3. The summed E-state index contributed by atoms with van der Waals surface area (Å²) in [5.41, 5.74) is 3.61. The second-order valence-corrected chi connectivity index (χ2v) is 7.68. The van der Waals surface area contributed by atoms with Crippen molar-refractivity contribution in [1.82, 2.24) is 15.3 Å². The van der Waals surface area contributed by atoms with E-state index in [9.17, 15) is 4.79 Å². The number of rotatable bonds is 7. The highest BCUT2D eigenvalue weighted by Crippen LogP contribution is 2.25. The summed E-state index contributed by atoms with van der Waals surface area (Å²) in [5, 5.41) is 3.04. The Morgan fingerprint density at radius 3 is 2.39 bits per heavy atom. The van der Waals surface area contributed by atoms with Crippen LogP contribution in [0, 0.1) is 6.92 Å². The standard InChI is InChI=1S/C27H25N3O3/c1-18-7-9-20(10-8-18)19(2)29-27(31)22-13-11-21(12-14-22)26-28-16-15-25(30-26)33-24-6-4-5-23(17-24)32-3/h4-17,19H,1-3H3,(H,29,31)/t19-/m0/s1. The maximum absolute atomic E-state index is 12.7. The van der Waals surface area contributed by atoms with Crippen LogP contribution in [0.5, 0.6) is 17.4 Å². The third-order valence-corrected chi connectivity index (χ3v) is 5.22. The van der Waals surface area contributed by atoms with Gasteiger partial charge in [-0.1, -0.05) is 48.0 Å². The molecule has 6 nitrogen and oxygen atoms in total. The lowest BCUT2D eigenvalue weighted by Gasteiger charge is -2.15. The van der Waals surface area contributed by atoms with Gasteiger partial charge in [-0.05, 0) is 43.7 Å². The Labute approximate surface area is 193 Å². The Morgan fingerprint density at radius 2 is 1.67 bits per heavy atom. The van der Waals surface area contributed by atoms with Crippen molar-refractivity contribution in [1.29, 1.82) is 0 Å². The largest absolute Gasteiger partial charge is 0.497 e. The summed E-state index contributed by atoms with van der Waals surface area (Å²) in [5.74, 6) is 2.11. The van der Waals surface area contributed by atoms with E-state index in [1.807, 2.05) is 68.4 Å². The fourth-order valence-electron chi connectivity index (χ4n) is 3.31. The highest BCUT2D eigenvalue weighted by Gasteiger charge is 2.12. The average Bonchev–Trinajstić information content (AvgIpc) is 2.85. The summed E-state index contributed by atoms with van der Waals surface area (Å²) < 4.78 is 11.1. The van der Waals surface area contributed by atoms with E-state index in [-0.39, 0.29) is 11.9 Å². The van der Waals surface area contributed by atoms with Crippen LogP contribution in [0.1, 0.15) is 34.5 Å². The van der Waals surface area contributed by atoms with Crippen molar-refractivity contribution >= 4 is 5.91 Å². The minimum atomic E-state index is -0.134. The Hall–Kier alpha value is -4.19. The number of hydrogen-bond acceptors (Lipinski definition) is 5. The molecule has 0 spiro atoms. The number of amides is 1. The van der Waals surface area contributed by atoms with Crippen LogP contribution >= 0.6 is 0 Å². The molecule has 6 heteroatoms. The highest BCUT2D eigenvalue weighted by atomic mass is 16.5. The molecule has 4 aromatic rings. The molecule has 0 aliphatic carbocycles. The first-order chi connectivity index (χ1) is 16.0. The van der Waals surface area contributed by atoms with Crippen molar-refractivity contribution in [2.75, 3.05) is 7.11 Å². The van der Waals surface area contributed by atoms with E-state index in [0.717, 1.165) is 11.1 Å². The summed E-state index contributed by atoms with van der Waals surface area (Å²) >= 11 is 0. The summed E-state index contributed by atoms with van der Waals surface area (Å²) in [7, 11) is 1.61. The normalized spacial score (nSPS) is 11.5. The first-order valence-electron chi connectivity index (χ1n) is 10.6. The number of nitrogens with one attached hydrogen (secondary N) is 1. The lowest BCUT2D eigenvalue weighted by molar-refractivity contribution is 0.0940. The Bertz CT molecular complexity index is 1240. The molecule has 33 heavy (non-hydrogen) atoms. The molecule has 1 amide bonds. The molecule has 0 radical (unpaired) electrons. The molecule has 1 heterocycles. The van der Waals surface area contributed by atoms with Gasteiger partial charge in [0, 0.05) is 29.5 Å². The van der Waals surface area contributed by atoms with Crippen molar-refractivity contribution in [3.8, 4) is 28.8 Å². The Kier molecular flexibility index (Phi) is 6.64. The summed E-state index contributed by atoms with van der Waals surface area (Å²) in [6.45, 7) is 4.01. The number of methoxy groups -OCH3 is 1. The molecular weight excluding hydrogens is 414 g/mol. The van der Waals surface area contributed by atoms with Crippen LogP contribution in [0.3, 0.4) is 0 Å². The van der Waals surface area contributed by atoms with Crippen LogP contribution in [-0.2, 0) is 0 Å². The van der Waals surface area contributed by atoms with Gasteiger partial charge in [-0.2, -0.15) is 4.98 Å². The maximum atomic E-state index is 12.7. The lowest BCUT2D eigenvalue weighted by atomic mass is 10.1. The molecule has 4 rings (SSSR count). The van der Waals surface area contributed by atoms with Crippen LogP contribution < -0.4 is 14.8 Å². The van der Waals surface area contributed by atoms with Gasteiger partial charge in [0.25, 0.3) is 5.91 Å². The zero-order chi connectivity index (χ0) is 23.2. The minimum Gasteiger partial charge on any atom is -0.497 e. The second kappa shape index (κ2) is 9.96. The Balaban J connectivity index is 1.44. The summed E-state index contributed by atoms with van der Waals surface area (Å²) in [4.78, 5) is 21.5. The van der Waals surface area contributed by atoms with Gasteiger partial charge < -0.3 is 14.8 Å². The van der Waals surface area contributed by atoms with E-state index in [1.165, 1.54) is 5.56 Å². The van der Waals surface area contributed by atoms with Crippen molar-refractivity contribution in [3.63, 3.8) is 0 Å². The van der Waals surface area contributed by atoms with Crippen LogP contribution in [0.2, 0.25) is 0 Å². The topological polar surface area (TPSA) is 73.3 Å². The molecule has 0 saturated heterocycles. The maximum Gasteiger partial charge on any atom is 0.251 e. The molecule has 3 aromatic carbocycles. The smallest absolute Gasteiger partial charge is 0.251 e. The third-order valence-electron chi connectivity index (χ3n) is 5.22. The van der Waals surface area contributed by atoms with Crippen LogP contribution in [0.4, 0.5) is 0 Å². The van der Waals surface area contributed by atoms with E-state index in [2.05, 4.69) is 15.3 Å². The van der Waals surface area contributed by atoms with Gasteiger partial charge in [-0.25, -0.2) is 4.98 Å². The molecule has 1 atom stereocenters. The van der Waals surface area contributed by atoms with Crippen molar-refractivity contribution < 1.29 is 14.3 Å². The highest BCUT2D eigenvalue weighted by molar-refractivity contribution is 5.94. The molecule has 166 valence electrons. The van der Waals surface area contributed by atoms with Gasteiger partial charge in [0.15, 0.2) is 5.82 Å². The quantitative estimate of drug-likeness (QED) is 0.397. The van der Waals surface area contributed by atoms with Gasteiger partial charge in [0.2, 0.25) is 5.88 Å². The van der Waals surface area contributed by atoms with Crippen molar-refractivity contribution in [2.24, 2.45) is 0 Å². The van der Waals surface area contributed by atoms with E-state index in [1.54, 1.807) is 37.6 Å². The first-order valence-corrected chi connectivity index (χ1v) is 10.6. The van der Waals surface area contributed by atoms with Gasteiger partial charge in [-0.3, -0.25) is 4.79 Å². The van der Waals surface area contributed by atoms with E-state index in [0.29, 0.717) is 28.8 Å². The molecule has 0 bridgehead atoms. The monoisotopic (exact) mass is 439 g/mol. The predicted octanol–water partition coefficient (Wildman–Crippen LogP) is 5.74. The molecule has 0 unspecified atom stereocenters. The number of nitrogens with zero attached hydrogens (tertiary/aromatic N) is 2. The third kappa shape index (κ3) is 5.54. The molecule has 0 aliphatic rings. The van der Waals surface area contributed by atoms with E-state index in [4.69, 9.17) is 9.47 Å². The fraction of sp³-hybridized carbons (Fsp3) is 0.148. The molecule has 0 aliphatic heterocycles. The SMILES string of the molecule is COc1cccc(Oc2ccnc(-c3ccc(C(=O)N[C@@H](C)c4ccc(C)cc4)cc3)n2)c1. The molecule has 1 N–H and O–H groups in total. The average molecular weight is 440 g/mol. The number of carbonyl (C=O) groups is 1. The molecule has 1 aromatic heterocycles. The molecule has 0 fully saturated rings. The van der Waals surface area contributed by atoms with E-state index >= 15 is 0 Å². The summed E-state index contributed by atoms with van der Waals surface area (Å²) in [6, 6.07) is 24.2. The zero-order valence-electron chi connectivity index (χ0n) is 18.8. The number of ether oxygens (including phenoxy) is 2. The fourth-order valence-corrected chi connectivity index (χ4v) is 3.31. The number of hydrogen-bond donors (Lipinski definition) is 1. The second-order valence-electron chi connectivity index (χ2n) is 7.68. The van der Waals surface area contributed by atoms with Gasteiger partial charge >= 0.3 is 0 Å². The van der Waals surface area contributed by atoms with Crippen LogP contribution in [0.15, 0.2) is 85.1 Å². The molecule has 0 saturated carbocycles.